The van der Waals surface area contributed by atoms with Gasteiger partial charge in [-0.05, 0) is 41.0 Å². The van der Waals surface area contributed by atoms with Crippen molar-refractivity contribution in [2.45, 2.75) is 58.3 Å². The van der Waals surface area contributed by atoms with Gasteiger partial charge in [-0.2, -0.15) is 0 Å². The Morgan fingerprint density at radius 3 is 1.83 bits per heavy atom. The molecule has 0 aromatic carbocycles. The highest BCUT2D eigenvalue weighted by Gasteiger charge is 2.29. The van der Waals surface area contributed by atoms with Crippen molar-refractivity contribution >= 4 is 15.6 Å². The van der Waals surface area contributed by atoms with Gasteiger partial charge >= 0.3 is 15.6 Å². The number of ether oxygens (including phenoxy) is 2. The van der Waals surface area contributed by atoms with Crippen molar-refractivity contribution < 1.29 is 47.2 Å². The minimum atomic E-state index is -4.87. The lowest BCUT2D eigenvalue weighted by Crippen LogP contribution is -2.34. The molecular weight excluding hydrogens is 366 g/mol. The average Bonchev–Trinajstić information content (AvgIpc) is 2.28. The Morgan fingerprint density at radius 2 is 1.42 bits per heavy atom. The van der Waals surface area contributed by atoms with Crippen LogP contribution in [0.25, 0.3) is 0 Å². The van der Waals surface area contributed by atoms with Crippen molar-refractivity contribution in [1.82, 2.24) is 0 Å². The molecule has 24 heavy (non-hydrogen) atoms. The Hall–Kier alpha value is 0.140. The zero-order valence-corrected chi connectivity index (χ0v) is 16.3. The summed E-state index contributed by atoms with van der Waals surface area (Å²) in [5.41, 5.74) is -1.01. The molecule has 0 aliphatic rings. The van der Waals surface area contributed by atoms with Crippen LogP contribution in [0.15, 0.2) is 0 Å². The first-order valence-electron chi connectivity index (χ1n) is 7.21. The lowest BCUT2D eigenvalue weighted by atomic mass is 10.1. The monoisotopic (exact) mass is 394 g/mol. The van der Waals surface area contributed by atoms with Crippen LogP contribution in [-0.4, -0.2) is 56.7 Å². The van der Waals surface area contributed by atoms with Gasteiger partial charge < -0.3 is 29.0 Å². The van der Waals surface area contributed by atoms with Crippen LogP contribution in [0, 0.1) is 0 Å². The van der Waals surface area contributed by atoms with E-state index in [-0.39, 0.29) is 12.2 Å². The van der Waals surface area contributed by atoms with E-state index in [0.29, 0.717) is 13.0 Å². The van der Waals surface area contributed by atoms with Crippen LogP contribution in [0.4, 0.5) is 0 Å². The average molecular weight is 394 g/mol. The summed E-state index contributed by atoms with van der Waals surface area (Å²) in [6.45, 7) is 8.56. The normalized spacial score (nSPS) is 15.5. The second-order valence-electron chi connectivity index (χ2n) is 6.79. The molecule has 146 valence electrons. The van der Waals surface area contributed by atoms with E-state index in [9.17, 15) is 9.13 Å². The summed E-state index contributed by atoms with van der Waals surface area (Å²) in [4.78, 5) is 35.0. The van der Waals surface area contributed by atoms with Crippen molar-refractivity contribution in [3.8, 4) is 0 Å². The number of phosphoric ester groups is 2. The largest absolute Gasteiger partial charge is 0.470 e. The van der Waals surface area contributed by atoms with E-state index in [1.54, 1.807) is 13.8 Å². The molecule has 0 aromatic heterocycles. The van der Waals surface area contributed by atoms with E-state index in [4.69, 9.17) is 29.0 Å². The molecule has 0 radical (unpaired) electrons. The van der Waals surface area contributed by atoms with E-state index in [1.807, 2.05) is 20.8 Å². The third kappa shape index (κ3) is 15.7. The van der Waals surface area contributed by atoms with Gasteiger partial charge in [0.1, 0.15) is 6.10 Å². The molecule has 0 aliphatic carbocycles. The van der Waals surface area contributed by atoms with Gasteiger partial charge in [0.05, 0.1) is 24.4 Å². The molecule has 4 N–H and O–H groups in total. The van der Waals surface area contributed by atoms with Crippen LogP contribution < -0.4 is 0 Å². The predicted molar refractivity (Wildman–Crippen MR) is 85.3 cm³/mol. The van der Waals surface area contributed by atoms with E-state index >= 15 is 0 Å². The summed E-state index contributed by atoms with van der Waals surface area (Å²) < 4.78 is 41.4. The molecule has 0 amide bonds. The molecule has 12 heteroatoms. The fourth-order valence-corrected chi connectivity index (χ4v) is 2.35. The van der Waals surface area contributed by atoms with Crippen molar-refractivity contribution in [3.63, 3.8) is 0 Å². The highest BCUT2D eigenvalue weighted by molar-refractivity contribution is 7.46. The number of hydrogen-bond donors (Lipinski definition) is 4. The quantitative estimate of drug-likeness (QED) is 0.380. The van der Waals surface area contributed by atoms with E-state index in [2.05, 4.69) is 9.05 Å². The van der Waals surface area contributed by atoms with Crippen molar-refractivity contribution in [2.24, 2.45) is 0 Å². The Labute approximate surface area is 141 Å². The maximum Gasteiger partial charge on any atom is 0.470 e. The molecule has 0 bridgehead atoms. The molecule has 0 aromatic rings. The first kappa shape index (κ1) is 24.1. The SMILES string of the molecule is CC(C)(C)OCCC(C)(C)OCC(COP(=O)(O)O)OP(=O)(O)O. The molecule has 0 saturated heterocycles. The van der Waals surface area contributed by atoms with Crippen molar-refractivity contribution in [1.29, 1.82) is 0 Å². The Kier molecular flexibility index (Phi) is 9.24. The Balaban J connectivity index is 4.55. The minimum absolute atomic E-state index is 0.306. The molecular formula is C12H28O10P2. The molecule has 0 rings (SSSR count). The van der Waals surface area contributed by atoms with Crippen LogP contribution in [0.1, 0.15) is 41.0 Å². The fraction of sp³-hybridized carbons (Fsp3) is 1.00. The first-order valence-corrected chi connectivity index (χ1v) is 10.3. The van der Waals surface area contributed by atoms with Crippen LogP contribution in [0.5, 0.6) is 0 Å². The number of phosphoric acid groups is 2. The third-order valence-corrected chi connectivity index (χ3v) is 3.67. The Morgan fingerprint density at radius 1 is 0.875 bits per heavy atom. The lowest BCUT2D eigenvalue weighted by Gasteiger charge is -2.29. The second kappa shape index (κ2) is 9.19. The fourth-order valence-electron chi connectivity index (χ4n) is 1.48. The Bertz CT molecular complexity index is 461. The summed E-state index contributed by atoms with van der Waals surface area (Å²) in [5.74, 6) is 0. The summed E-state index contributed by atoms with van der Waals surface area (Å²) in [6, 6.07) is 0. The van der Waals surface area contributed by atoms with Crippen LogP contribution >= 0.6 is 15.6 Å². The predicted octanol–water partition coefficient (Wildman–Crippen LogP) is 1.57. The van der Waals surface area contributed by atoms with Gasteiger partial charge in [0.15, 0.2) is 0 Å². The van der Waals surface area contributed by atoms with Gasteiger partial charge in [-0.3, -0.25) is 9.05 Å². The maximum absolute atomic E-state index is 10.9. The van der Waals surface area contributed by atoms with Crippen molar-refractivity contribution in [2.75, 3.05) is 19.8 Å². The van der Waals surface area contributed by atoms with Crippen LogP contribution in [0.2, 0.25) is 0 Å². The lowest BCUT2D eigenvalue weighted by molar-refractivity contribution is -0.0922. The molecule has 0 saturated carbocycles. The van der Waals surface area contributed by atoms with Crippen LogP contribution in [0.3, 0.4) is 0 Å². The molecule has 0 fully saturated rings. The first-order chi connectivity index (χ1) is 10.5. The highest BCUT2D eigenvalue weighted by Crippen LogP contribution is 2.40. The molecule has 0 aliphatic heterocycles. The van der Waals surface area contributed by atoms with E-state index in [0.717, 1.165) is 0 Å². The minimum Gasteiger partial charge on any atom is -0.376 e. The number of rotatable bonds is 11. The zero-order valence-electron chi connectivity index (χ0n) is 14.5. The molecule has 0 heterocycles. The van der Waals surface area contributed by atoms with E-state index < -0.39 is 34.0 Å². The zero-order chi connectivity index (χ0) is 19.2. The van der Waals surface area contributed by atoms with Gasteiger partial charge in [-0.25, -0.2) is 9.13 Å². The van der Waals surface area contributed by atoms with E-state index in [1.165, 1.54) is 0 Å². The summed E-state index contributed by atoms with van der Waals surface area (Å²) in [5, 5.41) is 0. The summed E-state index contributed by atoms with van der Waals surface area (Å²) in [6.07, 6.45) is -0.854. The smallest absolute Gasteiger partial charge is 0.376 e. The van der Waals surface area contributed by atoms with Gasteiger partial charge in [-0.15, -0.1) is 0 Å². The molecule has 0 spiro atoms. The third-order valence-electron chi connectivity index (χ3n) is 2.61. The maximum atomic E-state index is 10.9. The topological polar surface area (TPSA) is 152 Å². The number of hydrogen-bond acceptors (Lipinski definition) is 6. The van der Waals surface area contributed by atoms with Gasteiger partial charge in [-0.1, -0.05) is 0 Å². The van der Waals surface area contributed by atoms with Gasteiger partial charge in [0.25, 0.3) is 0 Å². The van der Waals surface area contributed by atoms with Gasteiger partial charge in [0, 0.05) is 6.61 Å². The van der Waals surface area contributed by atoms with Crippen molar-refractivity contribution in [3.05, 3.63) is 0 Å². The second-order valence-corrected chi connectivity index (χ2v) is 9.22. The molecule has 1 unspecified atom stereocenters. The highest BCUT2D eigenvalue weighted by atomic mass is 31.2. The van der Waals surface area contributed by atoms with Crippen LogP contribution in [-0.2, 0) is 27.7 Å². The summed E-state index contributed by atoms with van der Waals surface area (Å²) >= 11 is 0. The van der Waals surface area contributed by atoms with Gasteiger partial charge in [0.2, 0.25) is 0 Å². The molecule has 10 nitrogen and oxygen atoms in total. The molecule has 1 atom stereocenters. The summed E-state index contributed by atoms with van der Waals surface area (Å²) in [7, 11) is -9.66. The standard InChI is InChI=1S/C12H28O10P2/c1-11(2,3)19-7-6-12(4,5)20-8-10(22-24(16,17)18)9-21-23(13,14)15/h10H,6-9H2,1-5H3,(H2,13,14,15)(H2,16,17,18).